The summed E-state index contributed by atoms with van der Waals surface area (Å²) in [5.41, 5.74) is 2.48. The summed E-state index contributed by atoms with van der Waals surface area (Å²) < 4.78 is 5.61. The molecule has 1 amide bonds. The lowest BCUT2D eigenvalue weighted by Gasteiger charge is -2.45. The molecule has 2 rings (SSSR count). The minimum atomic E-state index is -0.418. The number of amides is 1. The summed E-state index contributed by atoms with van der Waals surface area (Å²) in [5.74, 6) is 0. The summed E-state index contributed by atoms with van der Waals surface area (Å²) in [6.07, 6.45) is 11.1. The molecule has 2 aliphatic heterocycles. The van der Waals surface area contributed by atoms with E-state index in [2.05, 4.69) is 26.0 Å². The molecule has 2 atom stereocenters. The molecular weight excluding hydrogens is 274 g/mol. The summed E-state index contributed by atoms with van der Waals surface area (Å²) in [6, 6.07) is 0.573. The Kier molecular flexibility index (Phi) is 5.36. The van der Waals surface area contributed by atoms with Crippen LogP contribution in [0.15, 0.2) is 23.3 Å². The van der Waals surface area contributed by atoms with Gasteiger partial charge in [-0.3, -0.25) is 4.90 Å². The number of carbonyl (C=O) groups excluding carboxylic acids is 1. The summed E-state index contributed by atoms with van der Waals surface area (Å²) in [6.45, 7) is 10.1. The van der Waals surface area contributed by atoms with Gasteiger partial charge in [0.1, 0.15) is 5.60 Å². The molecule has 1 fully saturated rings. The molecule has 0 aliphatic carbocycles. The fourth-order valence-electron chi connectivity index (χ4n) is 3.45. The molecule has 0 spiro atoms. The quantitative estimate of drug-likeness (QED) is 0.669. The molecule has 2 bridgehead atoms. The van der Waals surface area contributed by atoms with Gasteiger partial charge in [-0.2, -0.15) is 0 Å². The first-order valence-corrected chi connectivity index (χ1v) is 8.60. The lowest BCUT2D eigenvalue weighted by Crippen LogP contribution is -2.53. The van der Waals surface area contributed by atoms with Crippen LogP contribution in [-0.2, 0) is 4.74 Å². The normalized spacial score (nSPS) is 24.6. The van der Waals surface area contributed by atoms with Crippen LogP contribution in [0.3, 0.4) is 0 Å². The van der Waals surface area contributed by atoms with Crippen LogP contribution in [0.4, 0.5) is 4.79 Å². The second kappa shape index (κ2) is 6.89. The van der Waals surface area contributed by atoms with E-state index in [9.17, 15) is 4.79 Å². The van der Waals surface area contributed by atoms with E-state index >= 15 is 0 Å². The van der Waals surface area contributed by atoms with E-state index in [0.717, 1.165) is 32.1 Å². The Morgan fingerprint density at radius 3 is 2.68 bits per heavy atom. The largest absolute Gasteiger partial charge is 0.444 e. The Morgan fingerprint density at radius 2 is 2.09 bits per heavy atom. The molecule has 3 nitrogen and oxygen atoms in total. The summed E-state index contributed by atoms with van der Waals surface area (Å²) in [7, 11) is 0. The third-order valence-corrected chi connectivity index (χ3v) is 4.34. The maximum absolute atomic E-state index is 12.5. The average molecular weight is 305 g/mol. The van der Waals surface area contributed by atoms with Gasteiger partial charge in [-0.25, -0.2) is 4.79 Å². The van der Waals surface area contributed by atoms with E-state index in [1.54, 1.807) is 0 Å². The van der Waals surface area contributed by atoms with Crippen molar-refractivity contribution in [2.24, 2.45) is 0 Å². The van der Waals surface area contributed by atoms with Crippen LogP contribution in [0.2, 0.25) is 0 Å². The van der Waals surface area contributed by atoms with Gasteiger partial charge in [0.15, 0.2) is 0 Å². The summed E-state index contributed by atoms with van der Waals surface area (Å²) in [4.78, 5) is 14.5. The van der Waals surface area contributed by atoms with Gasteiger partial charge in [0.25, 0.3) is 0 Å². The molecule has 2 unspecified atom stereocenters. The molecule has 0 aromatic carbocycles. The highest BCUT2D eigenvalue weighted by Gasteiger charge is 2.38. The molecule has 0 aromatic rings. The van der Waals surface area contributed by atoms with E-state index in [4.69, 9.17) is 4.74 Å². The zero-order valence-corrected chi connectivity index (χ0v) is 14.8. The number of allylic oxidation sites excluding steroid dienone is 2. The Balaban J connectivity index is 2.05. The van der Waals surface area contributed by atoms with Crippen molar-refractivity contribution < 1.29 is 9.53 Å². The second-order valence-electron chi connectivity index (χ2n) is 7.89. The standard InChI is InChI=1S/C19H31NO2/c1-14(2)8-6-9-15-12-16-10-7-11-17(13-15)20(16)18(21)22-19(3,4)5/h8,12,16-17H,6-7,9-11,13H2,1-5H3. The van der Waals surface area contributed by atoms with Crippen molar-refractivity contribution in [2.75, 3.05) is 0 Å². The van der Waals surface area contributed by atoms with E-state index in [-0.39, 0.29) is 12.1 Å². The van der Waals surface area contributed by atoms with Gasteiger partial charge in [0.2, 0.25) is 0 Å². The molecule has 2 heterocycles. The smallest absolute Gasteiger partial charge is 0.411 e. The van der Waals surface area contributed by atoms with E-state index < -0.39 is 5.60 Å². The van der Waals surface area contributed by atoms with E-state index in [1.165, 1.54) is 17.6 Å². The van der Waals surface area contributed by atoms with Crippen LogP contribution >= 0.6 is 0 Å². The lowest BCUT2D eigenvalue weighted by molar-refractivity contribution is -0.00156. The topological polar surface area (TPSA) is 29.5 Å². The summed E-state index contributed by atoms with van der Waals surface area (Å²) in [5, 5.41) is 0. The van der Waals surface area contributed by atoms with Crippen LogP contribution in [0.1, 0.15) is 73.1 Å². The predicted molar refractivity (Wildman–Crippen MR) is 90.9 cm³/mol. The van der Waals surface area contributed by atoms with Crippen LogP contribution in [0.5, 0.6) is 0 Å². The molecule has 0 N–H and O–H groups in total. The first-order valence-electron chi connectivity index (χ1n) is 8.60. The minimum Gasteiger partial charge on any atom is -0.444 e. The number of carbonyl (C=O) groups is 1. The minimum absolute atomic E-state index is 0.137. The third-order valence-electron chi connectivity index (χ3n) is 4.34. The fourth-order valence-corrected chi connectivity index (χ4v) is 3.45. The molecule has 0 aromatic heterocycles. The number of ether oxygens (including phenoxy) is 1. The summed E-state index contributed by atoms with van der Waals surface area (Å²) >= 11 is 0. The molecule has 0 saturated carbocycles. The van der Waals surface area contributed by atoms with Crippen molar-refractivity contribution >= 4 is 6.09 Å². The highest BCUT2D eigenvalue weighted by Crippen LogP contribution is 2.35. The zero-order chi connectivity index (χ0) is 16.3. The van der Waals surface area contributed by atoms with Gasteiger partial charge in [-0.05, 0) is 73.1 Å². The number of fused-ring (bicyclic) bond motifs is 2. The van der Waals surface area contributed by atoms with Gasteiger partial charge in [0, 0.05) is 6.04 Å². The third kappa shape index (κ3) is 4.62. The molecule has 1 saturated heterocycles. The first kappa shape index (κ1) is 17.1. The van der Waals surface area contributed by atoms with Crippen molar-refractivity contribution in [3.05, 3.63) is 23.3 Å². The molecule has 3 heteroatoms. The van der Waals surface area contributed by atoms with Crippen LogP contribution in [0, 0.1) is 0 Å². The van der Waals surface area contributed by atoms with Crippen molar-refractivity contribution in [3.8, 4) is 0 Å². The monoisotopic (exact) mass is 305 g/mol. The molecule has 2 aliphatic rings. The number of hydrogen-bond acceptors (Lipinski definition) is 2. The Labute approximate surface area is 135 Å². The van der Waals surface area contributed by atoms with Crippen LogP contribution < -0.4 is 0 Å². The van der Waals surface area contributed by atoms with Gasteiger partial charge < -0.3 is 4.74 Å². The lowest BCUT2D eigenvalue weighted by atomic mass is 9.84. The Hall–Kier alpha value is -1.25. The number of hydrogen-bond donors (Lipinski definition) is 0. The van der Waals surface area contributed by atoms with Gasteiger partial charge >= 0.3 is 6.09 Å². The van der Waals surface area contributed by atoms with Crippen LogP contribution in [-0.4, -0.2) is 28.7 Å². The maximum Gasteiger partial charge on any atom is 0.411 e. The zero-order valence-electron chi connectivity index (χ0n) is 14.8. The number of rotatable bonds is 3. The Morgan fingerprint density at radius 1 is 1.36 bits per heavy atom. The Bertz CT molecular complexity index is 466. The highest BCUT2D eigenvalue weighted by atomic mass is 16.6. The van der Waals surface area contributed by atoms with Gasteiger partial charge in [-0.15, -0.1) is 0 Å². The molecule has 0 radical (unpaired) electrons. The second-order valence-corrected chi connectivity index (χ2v) is 7.89. The van der Waals surface area contributed by atoms with Crippen molar-refractivity contribution in [2.45, 2.75) is 90.8 Å². The molecular formula is C19H31NO2. The van der Waals surface area contributed by atoms with E-state index in [0.29, 0.717) is 6.04 Å². The molecule has 124 valence electrons. The fraction of sp³-hybridized carbons (Fsp3) is 0.737. The van der Waals surface area contributed by atoms with Crippen molar-refractivity contribution in [1.29, 1.82) is 0 Å². The molecule has 22 heavy (non-hydrogen) atoms. The number of nitrogens with zero attached hydrogens (tertiary/aromatic N) is 1. The van der Waals surface area contributed by atoms with Gasteiger partial charge in [-0.1, -0.05) is 23.3 Å². The maximum atomic E-state index is 12.5. The van der Waals surface area contributed by atoms with E-state index in [1.807, 2.05) is 25.7 Å². The first-order chi connectivity index (χ1) is 10.3. The SMILES string of the molecule is CC(C)=CCCC1=CC2CCCC(C1)N2C(=O)OC(C)(C)C. The van der Waals surface area contributed by atoms with Crippen molar-refractivity contribution in [1.82, 2.24) is 4.90 Å². The van der Waals surface area contributed by atoms with Crippen molar-refractivity contribution in [3.63, 3.8) is 0 Å². The highest BCUT2D eigenvalue weighted by molar-refractivity contribution is 5.70. The average Bonchev–Trinajstić information content (AvgIpc) is 2.34. The number of piperidine rings is 1. The van der Waals surface area contributed by atoms with Gasteiger partial charge in [0.05, 0.1) is 6.04 Å². The predicted octanol–water partition coefficient (Wildman–Crippen LogP) is 5.22. The van der Waals surface area contributed by atoms with Crippen LogP contribution in [0.25, 0.3) is 0 Å².